The highest BCUT2D eigenvalue weighted by Crippen LogP contribution is 2.16. The van der Waals surface area contributed by atoms with Crippen molar-refractivity contribution in [3.05, 3.63) is 23.1 Å². The van der Waals surface area contributed by atoms with E-state index < -0.39 is 0 Å². The summed E-state index contributed by atoms with van der Waals surface area (Å²) in [5.74, 6) is 0.152. The summed E-state index contributed by atoms with van der Waals surface area (Å²) in [6.07, 6.45) is 0. The zero-order chi connectivity index (χ0) is 13.1. The number of halogens is 1. The van der Waals surface area contributed by atoms with Crippen molar-refractivity contribution in [2.45, 2.75) is 0 Å². The summed E-state index contributed by atoms with van der Waals surface area (Å²) in [6.45, 7) is 3.40. The second kappa shape index (κ2) is 5.69. The molecule has 1 aromatic rings. The molecule has 2 heterocycles. The molecule has 0 aliphatic carbocycles. The number of carbonyl (C=O) groups is 1. The van der Waals surface area contributed by atoms with E-state index in [-0.39, 0.29) is 16.9 Å². The van der Waals surface area contributed by atoms with Crippen LogP contribution in [0.3, 0.4) is 0 Å². The highest BCUT2D eigenvalue weighted by molar-refractivity contribution is 7.80. The van der Waals surface area contributed by atoms with E-state index in [1.165, 1.54) is 0 Å². The number of thiocarbonyl (C=S) groups is 1. The van der Waals surface area contributed by atoms with Crippen LogP contribution in [0.5, 0.6) is 0 Å². The van der Waals surface area contributed by atoms with Gasteiger partial charge in [0.2, 0.25) is 0 Å². The first-order valence-corrected chi connectivity index (χ1v) is 6.40. The van der Waals surface area contributed by atoms with Crippen LogP contribution in [-0.2, 0) is 0 Å². The fourth-order valence-electron chi connectivity index (χ4n) is 1.91. The van der Waals surface area contributed by atoms with Gasteiger partial charge in [-0.25, -0.2) is 0 Å². The third kappa shape index (κ3) is 3.22. The molecule has 98 valence electrons. The monoisotopic (exact) mass is 287 g/mol. The van der Waals surface area contributed by atoms with Gasteiger partial charge in [-0.15, -0.1) is 0 Å². The van der Waals surface area contributed by atoms with Gasteiger partial charge in [-0.05, 0) is 23.7 Å². The fourth-order valence-corrected chi connectivity index (χ4v) is 2.24. The van der Waals surface area contributed by atoms with Gasteiger partial charge in [-0.3, -0.25) is 9.69 Å². The Morgan fingerprint density at radius 1 is 1.39 bits per heavy atom. The predicted octanol–water partition coefficient (Wildman–Crippen LogP) is 0.977. The Balaban J connectivity index is 1.90. The van der Waals surface area contributed by atoms with Crippen molar-refractivity contribution in [1.29, 1.82) is 0 Å². The Morgan fingerprint density at radius 2 is 2.06 bits per heavy atom. The molecule has 18 heavy (non-hydrogen) atoms. The summed E-state index contributed by atoms with van der Waals surface area (Å²) >= 11 is 10.5. The van der Waals surface area contributed by atoms with E-state index in [9.17, 15) is 4.79 Å². The highest BCUT2D eigenvalue weighted by atomic mass is 35.5. The lowest BCUT2D eigenvalue weighted by molar-refractivity contribution is 0.0623. The van der Waals surface area contributed by atoms with Crippen LogP contribution in [0.25, 0.3) is 0 Å². The third-order valence-electron chi connectivity index (χ3n) is 2.82. The summed E-state index contributed by atoms with van der Waals surface area (Å²) in [7, 11) is 0. The van der Waals surface area contributed by atoms with E-state index in [4.69, 9.17) is 34.0 Å². The Morgan fingerprint density at radius 3 is 2.56 bits per heavy atom. The molecule has 0 radical (unpaired) electrons. The molecule has 5 nitrogen and oxygen atoms in total. The lowest BCUT2D eigenvalue weighted by Crippen LogP contribution is -2.50. The summed E-state index contributed by atoms with van der Waals surface area (Å²) in [5, 5.41) is 0.227. The van der Waals surface area contributed by atoms with Crippen molar-refractivity contribution in [3.8, 4) is 0 Å². The number of nitrogens with two attached hydrogens (primary N) is 1. The molecule has 1 saturated heterocycles. The summed E-state index contributed by atoms with van der Waals surface area (Å²) in [4.78, 5) is 16.4. The first-order valence-electron chi connectivity index (χ1n) is 5.61. The van der Waals surface area contributed by atoms with Crippen molar-refractivity contribution in [2.75, 3.05) is 32.7 Å². The number of amides is 1. The van der Waals surface area contributed by atoms with Crippen LogP contribution < -0.4 is 5.73 Å². The largest absolute Gasteiger partial charge is 0.440 e. The second-order valence-corrected chi connectivity index (χ2v) is 5.04. The summed E-state index contributed by atoms with van der Waals surface area (Å²) in [5.41, 5.74) is 5.49. The second-order valence-electron chi connectivity index (χ2n) is 4.14. The minimum atomic E-state index is -0.128. The van der Waals surface area contributed by atoms with Crippen LogP contribution in [0.4, 0.5) is 0 Å². The lowest BCUT2D eigenvalue weighted by Gasteiger charge is -2.33. The molecule has 0 spiro atoms. The minimum Gasteiger partial charge on any atom is -0.440 e. The number of carbonyl (C=O) groups excluding carboxylic acids is 1. The van der Waals surface area contributed by atoms with Gasteiger partial charge in [-0.2, -0.15) is 0 Å². The van der Waals surface area contributed by atoms with Gasteiger partial charge in [0.1, 0.15) is 0 Å². The molecule has 0 saturated carbocycles. The smallest absolute Gasteiger partial charge is 0.289 e. The molecule has 1 fully saturated rings. The quantitative estimate of drug-likeness (QED) is 0.840. The number of hydrogen-bond donors (Lipinski definition) is 1. The highest BCUT2D eigenvalue weighted by Gasteiger charge is 2.24. The number of nitrogens with zero attached hydrogens (tertiary/aromatic N) is 2. The molecular formula is C11H14ClN3O2S. The van der Waals surface area contributed by atoms with Crippen molar-refractivity contribution >= 4 is 34.7 Å². The van der Waals surface area contributed by atoms with Crippen LogP contribution in [0.1, 0.15) is 10.6 Å². The van der Waals surface area contributed by atoms with Crippen molar-refractivity contribution in [3.63, 3.8) is 0 Å². The SMILES string of the molecule is NC(=S)CN1CCN(C(=O)c2ccc(Cl)o2)CC1. The Bertz CT molecular complexity index is 455. The van der Waals surface area contributed by atoms with Crippen LogP contribution in [0.2, 0.25) is 5.22 Å². The minimum absolute atomic E-state index is 0.128. The van der Waals surface area contributed by atoms with Crippen molar-refractivity contribution < 1.29 is 9.21 Å². The van der Waals surface area contributed by atoms with E-state index in [1.807, 2.05) is 0 Å². The molecule has 1 aliphatic rings. The molecule has 2 N–H and O–H groups in total. The van der Waals surface area contributed by atoms with Gasteiger partial charge >= 0.3 is 0 Å². The van der Waals surface area contributed by atoms with Gasteiger partial charge in [0.05, 0.1) is 4.99 Å². The van der Waals surface area contributed by atoms with E-state index in [2.05, 4.69) is 4.90 Å². The van der Waals surface area contributed by atoms with E-state index in [0.29, 0.717) is 24.6 Å². The normalized spacial score (nSPS) is 16.8. The molecule has 1 aliphatic heterocycles. The van der Waals surface area contributed by atoms with Gasteiger partial charge in [0.25, 0.3) is 5.91 Å². The van der Waals surface area contributed by atoms with Crippen molar-refractivity contribution in [2.24, 2.45) is 5.73 Å². The predicted molar refractivity (Wildman–Crippen MR) is 72.8 cm³/mol. The van der Waals surface area contributed by atoms with E-state index in [1.54, 1.807) is 17.0 Å². The van der Waals surface area contributed by atoms with Crippen LogP contribution >= 0.6 is 23.8 Å². The maximum atomic E-state index is 12.0. The van der Waals surface area contributed by atoms with Gasteiger partial charge in [0, 0.05) is 32.7 Å². The molecule has 7 heteroatoms. The first-order chi connectivity index (χ1) is 8.56. The molecule has 0 aromatic carbocycles. The maximum Gasteiger partial charge on any atom is 0.289 e. The number of furan rings is 1. The zero-order valence-electron chi connectivity index (χ0n) is 9.76. The maximum absolute atomic E-state index is 12.0. The van der Waals surface area contributed by atoms with Gasteiger partial charge < -0.3 is 15.1 Å². The molecule has 0 atom stereocenters. The zero-order valence-corrected chi connectivity index (χ0v) is 11.3. The average Bonchev–Trinajstić information content (AvgIpc) is 2.75. The first kappa shape index (κ1) is 13.3. The van der Waals surface area contributed by atoms with E-state index >= 15 is 0 Å². The third-order valence-corrected chi connectivity index (χ3v) is 3.16. The molecular weight excluding hydrogens is 274 g/mol. The topological polar surface area (TPSA) is 62.7 Å². The van der Waals surface area contributed by atoms with Crippen LogP contribution in [0, 0.1) is 0 Å². The molecule has 0 bridgehead atoms. The van der Waals surface area contributed by atoms with Crippen LogP contribution in [-0.4, -0.2) is 53.4 Å². The number of piperazine rings is 1. The van der Waals surface area contributed by atoms with Gasteiger partial charge in [0.15, 0.2) is 11.0 Å². The average molecular weight is 288 g/mol. The van der Waals surface area contributed by atoms with Crippen LogP contribution in [0.15, 0.2) is 16.5 Å². The number of hydrogen-bond acceptors (Lipinski definition) is 4. The molecule has 1 amide bonds. The Kier molecular flexibility index (Phi) is 4.21. The van der Waals surface area contributed by atoms with Crippen molar-refractivity contribution in [1.82, 2.24) is 9.80 Å². The standard InChI is InChI=1S/C11H14ClN3O2S/c12-9-2-1-8(17-9)11(16)15-5-3-14(4-6-15)7-10(13)18/h1-2H,3-7H2,(H2,13,18). The Hall–Kier alpha value is -1.11. The summed E-state index contributed by atoms with van der Waals surface area (Å²) < 4.78 is 5.11. The summed E-state index contributed by atoms with van der Waals surface area (Å²) in [6, 6.07) is 3.16. The lowest BCUT2D eigenvalue weighted by atomic mass is 10.3. The molecule has 1 aromatic heterocycles. The Labute approximate surface area is 115 Å². The fraction of sp³-hybridized carbons (Fsp3) is 0.455. The number of rotatable bonds is 3. The van der Waals surface area contributed by atoms with E-state index in [0.717, 1.165) is 13.1 Å². The van der Waals surface area contributed by atoms with Gasteiger partial charge in [-0.1, -0.05) is 12.2 Å². The molecule has 0 unspecified atom stereocenters. The molecule has 2 rings (SSSR count).